The summed E-state index contributed by atoms with van der Waals surface area (Å²) in [6.45, 7) is 11.4. The maximum absolute atomic E-state index is 11.3. The maximum atomic E-state index is 11.3. The van der Waals surface area contributed by atoms with Crippen molar-refractivity contribution in [3.05, 3.63) is 0 Å². The second-order valence-corrected chi connectivity index (χ2v) is 4.37. The Morgan fingerprint density at radius 3 is 2.31 bits per heavy atom. The van der Waals surface area contributed by atoms with Crippen LogP contribution in [-0.4, -0.2) is 42.5 Å². The lowest BCUT2D eigenvalue weighted by atomic mass is 10.1. The first-order valence-corrected chi connectivity index (χ1v) is 6.29. The Morgan fingerprint density at radius 2 is 1.88 bits per heavy atom. The Morgan fingerprint density at radius 1 is 1.31 bits per heavy atom. The summed E-state index contributed by atoms with van der Waals surface area (Å²) in [6.07, 6.45) is 2.12. The lowest BCUT2D eigenvalue weighted by Gasteiger charge is -2.20. The summed E-state index contributed by atoms with van der Waals surface area (Å²) >= 11 is 0. The second kappa shape index (κ2) is 8.53. The number of hydrogen-bond acceptors (Lipinski definition) is 3. The molecule has 0 aromatic rings. The van der Waals surface area contributed by atoms with Crippen LogP contribution in [0.1, 0.15) is 40.5 Å². The molecular weight excluding hydrogens is 202 g/mol. The van der Waals surface area contributed by atoms with Gasteiger partial charge in [0.05, 0.1) is 6.04 Å². The highest BCUT2D eigenvalue weighted by Gasteiger charge is 2.10. The molecule has 3 N–H and O–H groups in total. The average molecular weight is 229 g/mol. The number of amides is 1. The maximum Gasteiger partial charge on any atom is 0.236 e. The molecule has 96 valence electrons. The van der Waals surface area contributed by atoms with E-state index in [1.54, 1.807) is 6.92 Å². The number of carbonyl (C=O) groups is 1. The first-order valence-electron chi connectivity index (χ1n) is 6.29. The van der Waals surface area contributed by atoms with Crippen molar-refractivity contribution >= 4 is 5.91 Å². The molecule has 0 aliphatic rings. The van der Waals surface area contributed by atoms with Crippen LogP contribution in [0.15, 0.2) is 0 Å². The minimum absolute atomic E-state index is 0.0599. The molecule has 16 heavy (non-hydrogen) atoms. The predicted octanol–water partition coefficient (Wildman–Crippen LogP) is 0.960. The van der Waals surface area contributed by atoms with Crippen LogP contribution in [0.5, 0.6) is 0 Å². The van der Waals surface area contributed by atoms with Crippen LogP contribution in [0.2, 0.25) is 0 Å². The fourth-order valence-electron chi connectivity index (χ4n) is 1.61. The molecule has 4 heteroatoms. The summed E-state index contributed by atoms with van der Waals surface area (Å²) in [5.74, 6) is -0.0599. The van der Waals surface area contributed by atoms with Crippen LogP contribution in [0.4, 0.5) is 0 Å². The van der Waals surface area contributed by atoms with E-state index in [2.05, 4.69) is 24.1 Å². The van der Waals surface area contributed by atoms with E-state index in [1.807, 2.05) is 6.92 Å². The number of nitrogens with one attached hydrogen (secondary N) is 1. The van der Waals surface area contributed by atoms with Crippen molar-refractivity contribution < 1.29 is 4.79 Å². The van der Waals surface area contributed by atoms with Crippen molar-refractivity contribution in [2.24, 2.45) is 5.73 Å². The molecule has 0 saturated carbocycles. The first kappa shape index (κ1) is 15.4. The van der Waals surface area contributed by atoms with Gasteiger partial charge < -0.3 is 16.0 Å². The van der Waals surface area contributed by atoms with Gasteiger partial charge in [-0.2, -0.15) is 0 Å². The van der Waals surface area contributed by atoms with Crippen molar-refractivity contribution in [2.45, 2.75) is 52.6 Å². The predicted molar refractivity (Wildman–Crippen MR) is 68.3 cm³/mol. The molecule has 0 aromatic heterocycles. The van der Waals surface area contributed by atoms with E-state index in [0.29, 0.717) is 0 Å². The van der Waals surface area contributed by atoms with Gasteiger partial charge in [-0.25, -0.2) is 0 Å². The topological polar surface area (TPSA) is 58.4 Å². The van der Waals surface area contributed by atoms with Crippen LogP contribution in [0.3, 0.4) is 0 Å². The van der Waals surface area contributed by atoms with Crippen LogP contribution in [-0.2, 0) is 4.79 Å². The summed E-state index contributed by atoms with van der Waals surface area (Å²) in [4.78, 5) is 13.7. The Hall–Kier alpha value is -0.610. The Kier molecular flexibility index (Phi) is 8.21. The first-order chi connectivity index (χ1) is 7.51. The van der Waals surface area contributed by atoms with Crippen molar-refractivity contribution in [1.82, 2.24) is 10.2 Å². The average Bonchev–Trinajstić information content (AvgIpc) is 2.24. The number of carbonyl (C=O) groups excluding carboxylic acids is 1. The third-order valence-electron chi connectivity index (χ3n) is 2.81. The van der Waals surface area contributed by atoms with Gasteiger partial charge in [-0.3, -0.25) is 4.79 Å². The number of nitrogens with zero attached hydrogens (tertiary/aromatic N) is 1. The highest BCUT2D eigenvalue weighted by Crippen LogP contribution is 1.99. The molecular formula is C12H27N3O. The number of hydrogen-bond donors (Lipinski definition) is 2. The third kappa shape index (κ3) is 6.80. The van der Waals surface area contributed by atoms with E-state index in [1.165, 1.54) is 0 Å². The zero-order valence-corrected chi connectivity index (χ0v) is 11.1. The molecule has 0 spiro atoms. The highest BCUT2D eigenvalue weighted by molar-refractivity contribution is 5.81. The van der Waals surface area contributed by atoms with E-state index >= 15 is 0 Å². The quantitative estimate of drug-likeness (QED) is 0.652. The van der Waals surface area contributed by atoms with Gasteiger partial charge >= 0.3 is 0 Å². The monoisotopic (exact) mass is 229 g/mol. The zero-order chi connectivity index (χ0) is 12.6. The Labute approximate surface area is 99.6 Å². The van der Waals surface area contributed by atoms with Crippen molar-refractivity contribution in [2.75, 3.05) is 19.6 Å². The van der Waals surface area contributed by atoms with Gasteiger partial charge in [0, 0.05) is 6.04 Å². The molecule has 0 saturated heterocycles. The van der Waals surface area contributed by atoms with Gasteiger partial charge in [-0.05, 0) is 46.3 Å². The summed E-state index contributed by atoms with van der Waals surface area (Å²) in [5.41, 5.74) is 5.48. The summed E-state index contributed by atoms with van der Waals surface area (Å²) in [7, 11) is 0. The lowest BCUT2D eigenvalue weighted by molar-refractivity contribution is -0.122. The minimum atomic E-state index is -0.412. The van der Waals surface area contributed by atoms with Crippen LogP contribution < -0.4 is 11.1 Å². The Balaban J connectivity index is 3.65. The number of rotatable bonds is 8. The fourth-order valence-corrected chi connectivity index (χ4v) is 1.61. The fraction of sp³-hybridized carbons (Fsp3) is 0.917. The number of nitrogens with two attached hydrogens (primary N) is 1. The largest absolute Gasteiger partial charge is 0.352 e. The summed E-state index contributed by atoms with van der Waals surface area (Å²) in [6, 6.07) is -0.195. The molecule has 0 bridgehead atoms. The molecule has 0 radical (unpaired) electrons. The van der Waals surface area contributed by atoms with Gasteiger partial charge in [0.25, 0.3) is 0 Å². The van der Waals surface area contributed by atoms with Gasteiger partial charge in [0.15, 0.2) is 0 Å². The highest BCUT2D eigenvalue weighted by atomic mass is 16.2. The zero-order valence-electron chi connectivity index (χ0n) is 11.1. The van der Waals surface area contributed by atoms with Crippen LogP contribution in [0.25, 0.3) is 0 Å². The van der Waals surface area contributed by atoms with E-state index in [4.69, 9.17) is 5.73 Å². The van der Waals surface area contributed by atoms with Crippen molar-refractivity contribution in [3.8, 4) is 0 Å². The van der Waals surface area contributed by atoms with Crippen molar-refractivity contribution in [3.63, 3.8) is 0 Å². The van der Waals surface area contributed by atoms with Crippen molar-refractivity contribution in [1.29, 1.82) is 0 Å². The minimum Gasteiger partial charge on any atom is -0.352 e. The smallest absolute Gasteiger partial charge is 0.236 e. The van der Waals surface area contributed by atoms with E-state index in [-0.39, 0.29) is 11.9 Å². The van der Waals surface area contributed by atoms with Gasteiger partial charge in [-0.15, -0.1) is 0 Å². The normalized spacial score (nSPS) is 14.9. The Bertz CT molecular complexity index is 191. The molecule has 1 unspecified atom stereocenters. The standard InChI is InChI=1S/C12H27N3O/c1-5-15(6-2)9-7-8-10(3)14-12(16)11(4)13/h10-11H,5-9,13H2,1-4H3,(H,14,16)/t10?,11-/m0/s1. The molecule has 0 heterocycles. The second-order valence-electron chi connectivity index (χ2n) is 4.37. The van der Waals surface area contributed by atoms with Crippen LogP contribution >= 0.6 is 0 Å². The third-order valence-corrected chi connectivity index (χ3v) is 2.81. The molecule has 0 rings (SSSR count). The molecule has 0 aromatic carbocycles. The molecule has 2 atom stereocenters. The molecule has 0 aliphatic heterocycles. The van der Waals surface area contributed by atoms with Gasteiger partial charge in [0.1, 0.15) is 0 Å². The lowest BCUT2D eigenvalue weighted by Crippen LogP contribution is -2.42. The SMILES string of the molecule is CCN(CC)CCCC(C)NC(=O)[C@H](C)N. The summed E-state index contributed by atoms with van der Waals surface area (Å²) < 4.78 is 0. The molecule has 0 fully saturated rings. The molecule has 1 amide bonds. The summed E-state index contributed by atoms with van der Waals surface area (Å²) in [5, 5.41) is 2.91. The van der Waals surface area contributed by atoms with E-state index in [0.717, 1.165) is 32.5 Å². The van der Waals surface area contributed by atoms with Gasteiger partial charge in [-0.1, -0.05) is 13.8 Å². The molecule has 0 aliphatic carbocycles. The molecule has 4 nitrogen and oxygen atoms in total. The van der Waals surface area contributed by atoms with Gasteiger partial charge in [0.2, 0.25) is 5.91 Å². The van der Waals surface area contributed by atoms with E-state index < -0.39 is 6.04 Å². The van der Waals surface area contributed by atoms with Crippen LogP contribution in [0, 0.1) is 0 Å². The van der Waals surface area contributed by atoms with E-state index in [9.17, 15) is 4.79 Å².